The van der Waals surface area contributed by atoms with Gasteiger partial charge >= 0.3 is 0 Å². The molecule has 0 fully saturated rings. The van der Waals surface area contributed by atoms with Crippen molar-refractivity contribution in [1.29, 1.82) is 0 Å². The second-order valence-corrected chi connectivity index (χ2v) is 5.87. The predicted octanol–water partition coefficient (Wildman–Crippen LogP) is 3.10. The summed E-state index contributed by atoms with van der Waals surface area (Å²) >= 11 is 11.0. The van der Waals surface area contributed by atoms with Gasteiger partial charge < -0.3 is 14.8 Å². The Labute approximate surface area is 154 Å². The molecule has 1 heterocycles. The molecule has 1 aliphatic rings. The van der Waals surface area contributed by atoms with E-state index >= 15 is 0 Å². The number of nitrogens with one attached hydrogen (secondary N) is 3. The number of halogens is 1. The van der Waals surface area contributed by atoms with E-state index in [0.29, 0.717) is 16.5 Å². The maximum atomic E-state index is 11.8. The fourth-order valence-corrected chi connectivity index (χ4v) is 2.44. The topological polar surface area (TPSA) is 71.6 Å². The first-order chi connectivity index (χ1) is 12.1. The second kappa shape index (κ2) is 7.87. The fourth-order valence-electron chi connectivity index (χ4n) is 2.08. The van der Waals surface area contributed by atoms with Crippen LogP contribution in [-0.4, -0.2) is 17.8 Å². The molecule has 2 aromatic rings. The summed E-state index contributed by atoms with van der Waals surface area (Å²) in [7, 11) is 0. The zero-order chi connectivity index (χ0) is 17.6. The van der Waals surface area contributed by atoms with E-state index in [9.17, 15) is 4.79 Å². The molecule has 0 atom stereocenters. The van der Waals surface area contributed by atoms with Gasteiger partial charge in [0.25, 0.3) is 5.91 Å². The fraction of sp³-hybridized carbons (Fsp3) is 0.0588. The van der Waals surface area contributed by atoms with Crippen molar-refractivity contribution in [1.82, 2.24) is 10.9 Å². The highest BCUT2D eigenvalue weighted by molar-refractivity contribution is 7.80. The summed E-state index contributed by atoms with van der Waals surface area (Å²) in [5, 5.41) is 3.74. The maximum Gasteiger partial charge on any atom is 0.262 e. The number of carbonyl (C=O) groups is 1. The first-order valence-electron chi connectivity index (χ1n) is 7.30. The number of rotatable bonds is 3. The van der Waals surface area contributed by atoms with E-state index in [1.807, 2.05) is 6.07 Å². The number of amides is 1. The Balaban J connectivity index is 1.48. The van der Waals surface area contributed by atoms with Crippen molar-refractivity contribution in [2.75, 3.05) is 12.1 Å². The molecule has 25 heavy (non-hydrogen) atoms. The molecule has 0 aliphatic carbocycles. The molecule has 0 bridgehead atoms. The molecule has 8 heteroatoms. The third-order valence-corrected chi connectivity index (χ3v) is 3.64. The van der Waals surface area contributed by atoms with Crippen LogP contribution in [0.25, 0.3) is 6.08 Å². The Morgan fingerprint density at radius 3 is 2.80 bits per heavy atom. The standard InChI is InChI=1S/C17H14ClN3O3S/c18-12-2-1-3-13(9-12)19-17(25)21-20-16(22)7-5-11-4-6-14-15(8-11)24-10-23-14/h1-9H,10H2,(H,20,22)(H2,19,21,25)/b7-5+. The molecule has 0 saturated carbocycles. The molecule has 3 N–H and O–H groups in total. The van der Waals surface area contributed by atoms with Gasteiger partial charge in [0, 0.05) is 16.8 Å². The highest BCUT2D eigenvalue weighted by atomic mass is 35.5. The van der Waals surface area contributed by atoms with E-state index in [1.165, 1.54) is 6.08 Å². The number of ether oxygens (including phenoxy) is 2. The number of benzene rings is 2. The summed E-state index contributed by atoms with van der Waals surface area (Å²) in [5.74, 6) is 1.00. The van der Waals surface area contributed by atoms with Crippen LogP contribution in [0.2, 0.25) is 5.02 Å². The van der Waals surface area contributed by atoms with E-state index in [2.05, 4.69) is 16.2 Å². The zero-order valence-corrected chi connectivity index (χ0v) is 14.5. The van der Waals surface area contributed by atoms with Crippen LogP contribution in [0.5, 0.6) is 11.5 Å². The molecular weight excluding hydrogens is 362 g/mol. The third kappa shape index (κ3) is 4.85. The highest BCUT2D eigenvalue weighted by Crippen LogP contribution is 2.32. The summed E-state index contributed by atoms with van der Waals surface area (Å²) in [6.07, 6.45) is 3.04. The van der Waals surface area contributed by atoms with Gasteiger partial charge in [-0.15, -0.1) is 0 Å². The first-order valence-corrected chi connectivity index (χ1v) is 8.09. The minimum absolute atomic E-state index is 0.212. The normalized spacial score (nSPS) is 12.0. The quantitative estimate of drug-likeness (QED) is 0.435. The number of thiocarbonyl (C=S) groups is 1. The molecular formula is C17H14ClN3O3S. The third-order valence-electron chi connectivity index (χ3n) is 3.21. The minimum atomic E-state index is -0.354. The summed E-state index contributed by atoms with van der Waals surface area (Å²) in [5.41, 5.74) is 6.62. The lowest BCUT2D eigenvalue weighted by molar-refractivity contribution is -0.116. The van der Waals surface area contributed by atoms with Crippen molar-refractivity contribution in [2.45, 2.75) is 0 Å². The Hall–Kier alpha value is -2.77. The summed E-state index contributed by atoms with van der Waals surface area (Å²) < 4.78 is 10.5. The molecule has 6 nitrogen and oxygen atoms in total. The van der Waals surface area contributed by atoms with Crippen LogP contribution in [0.15, 0.2) is 48.5 Å². The van der Waals surface area contributed by atoms with Gasteiger partial charge in [-0.3, -0.25) is 15.6 Å². The van der Waals surface area contributed by atoms with Crippen LogP contribution in [-0.2, 0) is 4.79 Å². The van der Waals surface area contributed by atoms with Gasteiger partial charge in [0.05, 0.1) is 0 Å². The smallest absolute Gasteiger partial charge is 0.262 e. The average molecular weight is 376 g/mol. The highest BCUT2D eigenvalue weighted by Gasteiger charge is 2.12. The average Bonchev–Trinajstić information content (AvgIpc) is 3.06. The van der Waals surface area contributed by atoms with Crippen molar-refractivity contribution < 1.29 is 14.3 Å². The molecule has 0 radical (unpaired) electrons. The van der Waals surface area contributed by atoms with Crippen LogP contribution in [0, 0.1) is 0 Å². The predicted molar refractivity (Wildman–Crippen MR) is 101 cm³/mol. The molecule has 1 aliphatic heterocycles. The number of hydrogen-bond acceptors (Lipinski definition) is 4. The SMILES string of the molecule is O=C(/C=C/c1ccc2c(c1)OCO2)NNC(=S)Nc1cccc(Cl)c1. The van der Waals surface area contributed by atoms with Gasteiger partial charge in [0.2, 0.25) is 6.79 Å². The number of fused-ring (bicyclic) bond motifs is 1. The van der Waals surface area contributed by atoms with E-state index in [1.54, 1.807) is 42.5 Å². The van der Waals surface area contributed by atoms with Gasteiger partial charge in [-0.1, -0.05) is 23.7 Å². The first kappa shape index (κ1) is 17.1. The van der Waals surface area contributed by atoms with Gasteiger partial charge in [-0.2, -0.15) is 0 Å². The Morgan fingerprint density at radius 2 is 1.96 bits per heavy atom. The molecule has 0 unspecified atom stereocenters. The molecule has 128 valence electrons. The molecule has 1 amide bonds. The van der Waals surface area contributed by atoms with E-state index in [0.717, 1.165) is 11.3 Å². The molecule has 0 saturated heterocycles. The number of hydrogen-bond donors (Lipinski definition) is 3. The van der Waals surface area contributed by atoms with Crippen molar-refractivity contribution in [3.63, 3.8) is 0 Å². The number of hydrazine groups is 1. The number of anilines is 1. The largest absolute Gasteiger partial charge is 0.454 e. The van der Waals surface area contributed by atoms with Gasteiger partial charge in [-0.05, 0) is 54.2 Å². The minimum Gasteiger partial charge on any atom is -0.454 e. The Kier molecular flexibility index (Phi) is 5.37. The van der Waals surface area contributed by atoms with Gasteiger partial charge in [0.1, 0.15) is 0 Å². The second-order valence-electron chi connectivity index (χ2n) is 5.02. The zero-order valence-electron chi connectivity index (χ0n) is 12.9. The van der Waals surface area contributed by atoms with Crippen LogP contribution in [0.3, 0.4) is 0 Å². The number of carbonyl (C=O) groups excluding carboxylic acids is 1. The monoisotopic (exact) mass is 375 g/mol. The van der Waals surface area contributed by atoms with Crippen molar-refractivity contribution in [3.8, 4) is 11.5 Å². The van der Waals surface area contributed by atoms with Crippen LogP contribution >= 0.6 is 23.8 Å². The molecule has 0 aromatic heterocycles. The molecule has 2 aromatic carbocycles. The summed E-state index contributed by atoms with van der Waals surface area (Å²) in [4.78, 5) is 11.8. The Bertz CT molecular complexity index is 842. The van der Waals surface area contributed by atoms with Crippen LogP contribution < -0.4 is 25.6 Å². The summed E-state index contributed by atoms with van der Waals surface area (Å²) in [6, 6.07) is 12.5. The van der Waals surface area contributed by atoms with E-state index in [-0.39, 0.29) is 17.8 Å². The van der Waals surface area contributed by atoms with Crippen molar-refractivity contribution in [3.05, 3.63) is 59.1 Å². The van der Waals surface area contributed by atoms with Crippen molar-refractivity contribution in [2.24, 2.45) is 0 Å². The lowest BCUT2D eigenvalue weighted by atomic mass is 10.2. The van der Waals surface area contributed by atoms with E-state index < -0.39 is 0 Å². The maximum absolute atomic E-state index is 11.8. The molecule has 0 spiro atoms. The van der Waals surface area contributed by atoms with Gasteiger partial charge in [-0.25, -0.2) is 0 Å². The lowest BCUT2D eigenvalue weighted by Crippen LogP contribution is -2.43. The Morgan fingerprint density at radius 1 is 1.12 bits per heavy atom. The lowest BCUT2D eigenvalue weighted by Gasteiger charge is -2.10. The van der Waals surface area contributed by atoms with Crippen molar-refractivity contribution >= 4 is 46.6 Å². The van der Waals surface area contributed by atoms with Gasteiger partial charge in [0.15, 0.2) is 16.6 Å². The van der Waals surface area contributed by atoms with Crippen LogP contribution in [0.4, 0.5) is 5.69 Å². The van der Waals surface area contributed by atoms with E-state index in [4.69, 9.17) is 33.3 Å². The van der Waals surface area contributed by atoms with Crippen LogP contribution in [0.1, 0.15) is 5.56 Å². The molecule has 3 rings (SSSR count). The summed E-state index contributed by atoms with van der Waals surface area (Å²) in [6.45, 7) is 0.212.